The van der Waals surface area contributed by atoms with E-state index in [1.165, 1.54) is 0 Å². The summed E-state index contributed by atoms with van der Waals surface area (Å²) >= 11 is 0. The molecule has 102 valence electrons. The number of hydrogen-bond donors (Lipinski definition) is 1. The van der Waals surface area contributed by atoms with Gasteiger partial charge in [-0.25, -0.2) is 0 Å². The minimum atomic E-state index is -3.11. The first-order chi connectivity index (χ1) is 8.07. The summed E-state index contributed by atoms with van der Waals surface area (Å²) in [6, 6.07) is 0. The van der Waals surface area contributed by atoms with Gasteiger partial charge in [-0.15, -0.1) is 0 Å². The fourth-order valence-electron chi connectivity index (χ4n) is 1.77. The van der Waals surface area contributed by atoms with Crippen molar-refractivity contribution in [3.05, 3.63) is 0 Å². The fourth-order valence-corrected chi connectivity index (χ4v) is 4.78. The molecule has 0 spiro atoms. The van der Waals surface area contributed by atoms with Crippen molar-refractivity contribution in [3.8, 4) is 0 Å². The number of aliphatic carboxylic acids is 1. The first-order valence-corrected chi connectivity index (χ1v) is 8.02. The summed E-state index contributed by atoms with van der Waals surface area (Å²) in [5.41, 5.74) is -0.674. The molecule has 0 aromatic carbocycles. The van der Waals surface area contributed by atoms with Crippen LogP contribution in [0.4, 0.5) is 0 Å². The van der Waals surface area contributed by atoms with Crippen LogP contribution in [0, 0.1) is 0 Å². The Hall–Kier alpha value is -0.433. The van der Waals surface area contributed by atoms with Crippen molar-refractivity contribution in [1.29, 1.82) is 0 Å². The maximum Gasteiger partial charge on any atom is 0.515 e. The molecule has 0 bridgehead atoms. The zero-order chi connectivity index (χ0) is 13.3. The lowest BCUT2D eigenvalue weighted by molar-refractivity contribution is -0.139. The van der Waals surface area contributed by atoms with Crippen molar-refractivity contribution < 1.29 is 23.2 Å². The van der Waals surface area contributed by atoms with Crippen LogP contribution in [0.1, 0.15) is 40.5 Å². The molecular weight excluding hydrogens is 240 g/mol. The van der Waals surface area contributed by atoms with E-state index in [1.54, 1.807) is 0 Å². The predicted molar refractivity (Wildman–Crippen MR) is 66.9 cm³/mol. The number of carboxylic acids is 1. The number of hydrogen-bond acceptors (Lipinski definition) is 4. The Morgan fingerprint density at radius 2 is 1.47 bits per heavy atom. The second-order valence-electron chi connectivity index (χ2n) is 3.58. The zero-order valence-electron chi connectivity index (χ0n) is 11.2. The predicted octanol–water partition coefficient (Wildman–Crippen LogP) is 2.29. The van der Waals surface area contributed by atoms with E-state index in [4.69, 9.17) is 13.3 Å². The summed E-state index contributed by atoms with van der Waals surface area (Å²) in [7, 11) is -3.11. The van der Waals surface area contributed by atoms with Crippen LogP contribution in [0.5, 0.6) is 0 Å². The van der Waals surface area contributed by atoms with Gasteiger partial charge in [0.15, 0.2) is 0 Å². The molecule has 0 radical (unpaired) electrons. The zero-order valence-corrected chi connectivity index (χ0v) is 12.2. The van der Waals surface area contributed by atoms with Crippen LogP contribution < -0.4 is 0 Å². The van der Waals surface area contributed by atoms with Crippen molar-refractivity contribution in [1.82, 2.24) is 0 Å². The van der Waals surface area contributed by atoms with Crippen molar-refractivity contribution in [3.63, 3.8) is 0 Å². The molecule has 17 heavy (non-hydrogen) atoms. The van der Waals surface area contributed by atoms with Gasteiger partial charge in [0.05, 0.1) is 0 Å². The van der Waals surface area contributed by atoms with Crippen molar-refractivity contribution in [2.45, 2.75) is 46.1 Å². The molecule has 0 fully saturated rings. The molecule has 0 aliphatic rings. The molecule has 1 N–H and O–H groups in total. The minimum Gasteiger partial charge on any atom is -0.481 e. The van der Waals surface area contributed by atoms with Gasteiger partial charge in [-0.05, 0) is 27.2 Å². The maximum absolute atomic E-state index is 11.4. The Kier molecular flexibility index (Phi) is 8.41. The molecule has 0 heterocycles. The summed E-state index contributed by atoms with van der Waals surface area (Å²) in [4.78, 5) is 11.4. The molecule has 5 nitrogen and oxygen atoms in total. The van der Waals surface area contributed by atoms with Gasteiger partial charge in [-0.1, -0.05) is 13.3 Å². The van der Waals surface area contributed by atoms with Crippen LogP contribution in [0.25, 0.3) is 0 Å². The standard InChI is InChI=1S/C11H24O5Si/c1-5-9-10(11(12)13)17(14-6-2,15-7-3)16-8-4/h10H,5-9H2,1-4H3,(H,12,13). The van der Waals surface area contributed by atoms with E-state index in [0.717, 1.165) is 6.42 Å². The Morgan fingerprint density at radius 1 is 1.06 bits per heavy atom. The third-order valence-electron chi connectivity index (χ3n) is 2.34. The third kappa shape index (κ3) is 4.75. The van der Waals surface area contributed by atoms with Gasteiger partial charge >= 0.3 is 14.8 Å². The lowest BCUT2D eigenvalue weighted by atomic mass is 10.2. The normalized spacial score (nSPS) is 13.6. The molecular formula is C11H24O5Si. The van der Waals surface area contributed by atoms with Gasteiger partial charge in [0.25, 0.3) is 0 Å². The van der Waals surface area contributed by atoms with Crippen LogP contribution in [0.2, 0.25) is 5.54 Å². The highest BCUT2D eigenvalue weighted by molar-refractivity contribution is 6.66. The highest BCUT2D eigenvalue weighted by Gasteiger charge is 2.52. The van der Waals surface area contributed by atoms with Crippen LogP contribution in [0.3, 0.4) is 0 Å². The Balaban J connectivity index is 5.08. The summed E-state index contributed by atoms with van der Waals surface area (Å²) in [5, 5.41) is 9.31. The summed E-state index contributed by atoms with van der Waals surface area (Å²) in [6.45, 7) is 8.62. The number of carboxylic acid groups (broad SMARTS) is 1. The molecule has 0 aromatic heterocycles. The van der Waals surface area contributed by atoms with Gasteiger partial charge in [-0.3, -0.25) is 4.79 Å². The minimum absolute atomic E-state index is 0.402. The first kappa shape index (κ1) is 16.6. The summed E-state index contributed by atoms with van der Waals surface area (Å²) < 4.78 is 16.8. The monoisotopic (exact) mass is 264 g/mol. The van der Waals surface area contributed by atoms with E-state index < -0.39 is 20.3 Å². The highest BCUT2D eigenvalue weighted by atomic mass is 28.4. The van der Waals surface area contributed by atoms with Crippen LogP contribution in [-0.2, 0) is 18.1 Å². The molecule has 0 aromatic rings. The van der Waals surface area contributed by atoms with E-state index in [1.807, 2.05) is 27.7 Å². The van der Waals surface area contributed by atoms with Gasteiger partial charge in [0.2, 0.25) is 0 Å². The molecule has 6 heteroatoms. The number of carbonyl (C=O) groups is 1. The second kappa shape index (κ2) is 8.63. The number of rotatable bonds is 10. The van der Waals surface area contributed by atoms with Gasteiger partial charge in [0, 0.05) is 19.8 Å². The molecule has 0 saturated heterocycles. The Labute approximate surface area is 104 Å². The average Bonchev–Trinajstić information content (AvgIpc) is 2.26. The molecule has 0 aliphatic carbocycles. The smallest absolute Gasteiger partial charge is 0.481 e. The van der Waals surface area contributed by atoms with Crippen LogP contribution in [0.15, 0.2) is 0 Å². The molecule has 0 aliphatic heterocycles. The van der Waals surface area contributed by atoms with E-state index >= 15 is 0 Å². The largest absolute Gasteiger partial charge is 0.515 e. The maximum atomic E-state index is 11.4. The SMILES string of the molecule is CCCC(C(=O)O)[Si](OCC)(OCC)OCC. The first-order valence-electron chi connectivity index (χ1n) is 6.22. The molecule has 1 atom stereocenters. The highest BCUT2D eigenvalue weighted by Crippen LogP contribution is 2.30. The van der Waals surface area contributed by atoms with Crippen molar-refractivity contribution in [2.24, 2.45) is 0 Å². The fraction of sp³-hybridized carbons (Fsp3) is 0.909. The quantitative estimate of drug-likeness (QED) is 0.613. The van der Waals surface area contributed by atoms with E-state index in [2.05, 4.69) is 0 Å². The lowest BCUT2D eigenvalue weighted by Gasteiger charge is -2.32. The van der Waals surface area contributed by atoms with Gasteiger partial charge < -0.3 is 18.4 Å². The lowest BCUT2D eigenvalue weighted by Crippen LogP contribution is -2.52. The molecule has 1 unspecified atom stereocenters. The van der Waals surface area contributed by atoms with Crippen molar-refractivity contribution >= 4 is 14.8 Å². The van der Waals surface area contributed by atoms with Crippen molar-refractivity contribution in [2.75, 3.05) is 19.8 Å². The van der Waals surface area contributed by atoms with Gasteiger partial charge in [0.1, 0.15) is 5.54 Å². The topological polar surface area (TPSA) is 65.0 Å². The van der Waals surface area contributed by atoms with E-state index in [0.29, 0.717) is 26.2 Å². The molecule has 0 amide bonds. The Morgan fingerprint density at radius 3 is 1.71 bits per heavy atom. The average molecular weight is 264 g/mol. The summed E-state index contributed by atoms with van der Waals surface area (Å²) in [6.07, 6.45) is 1.28. The molecule has 0 saturated carbocycles. The van der Waals surface area contributed by atoms with Crippen LogP contribution >= 0.6 is 0 Å². The second-order valence-corrected chi connectivity index (χ2v) is 6.35. The van der Waals surface area contributed by atoms with E-state index in [9.17, 15) is 9.90 Å². The Bertz CT molecular complexity index is 205. The summed E-state index contributed by atoms with van der Waals surface area (Å²) in [5.74, 6) is -0.895. The third-order valence-corrected chi connectivity index (χ3v) is 5.80. The molecule has 0 rings (SSSR count). The van der Waals surface area contributed by atoms with E-state index in [-0.39, 0.29) is 0 Å². The van der Waals surface area contributed by atoms with Gasteiger partial charge in [-0.2, -0.15) is 0 Å². The van der Waals surface area contributed by atoms with Crippen LogP contribution in [-0.4, -0.2) is 39.7 Å².